The van der Waals surface area contributed by atoms with Crippen LogP contribution in [0.4, 0.5) is 0 Å². The van der Waals surface area contributed by atoms with Crippen molar-refractivity contribution >= 4 is 11.9 Å². The van der Waals surface area contributed by atoms with Gasteiger partial charge in [0.1, 0.15) is 0 Å². The smallest absolute Gasteiger partial charge is 0.309 e. The fourth-order valence-corrected chi connectivity index (χ4v) is 2.54. The molecule has 1 amide bonds. The average molecular weight is 290 g/mol. The second-order valence-electron chi connectivity index (χ2n) is 5.22. The van der Waals surface area contributed by atoms with Gasteiger partial charge in [0.25, 0.3) is 5.91 Å². The van der Waals surface area contributed by atoms with Crippen molar-refractivity contribution in [2.45, 2.75) is 26.3 Å². The summed E-state index contributed by atoms with van der Waals surface area (Å²) in [7, 11) is 0. The molecule has 5 heteroatoms. The van der Waals surface area contributed by atoms with Crippen LogP contribution in [0.3, 0.4) is 0 Å². The minimum Gasteiger partial charge on any atom is -0.466 e. The Morgan fingerprint density at radius 2 is 1.86 bits per heavy atom. The van der Waals surface area contributed by atoms with Crippen molar-refractivity contribution in [2.24, 2.45) is 11.7 Å². The lowest BCUT2D eigenvalue weighted by atomic mass is 9.96. The van der Waals surface area contributed by atoms with Gasteiger partial charge in [-0.25, -0.2) is 0 Å². The number of amides is 1. The third-order valence-electron chi connectivity index (χ3n) is 3.84. The number of carbonyl (C=O) groups is 2. The first kappa shape index (κ1) is 15.5. The molecule has 2 N–H and O–H groups in total. The van der Waals surface area contributed by atoms with Crippen molar-refractivity contribution < 1.29 is 14.3 Å². The number of benzene rings is 1. The highest BCUT2D eigenvalue weighted by atomic mass is 16.5. The van der Waals surface area contributed by atoms with Gasteiger partial charge in [-0.15, -0.1) is 0 Å². The third-order valence-corrected chi connectivity index (χ3v) is 3.84. The Morgan fingerprint density at radius 3 is 2.38 bits per heavy atom. The van der Waals surface area contributed by atoms with Crippen LogP contribution in [0.15, 0.2) is 24.3 Å². The summed E-state index contributed by atoms with van der Waals surface area (Å²) >= 11 is 0. The number of hydrogen-bond acceptors (Lipinski definition) is 4. The predicted octanol–water partition coefficient (Wildman–Crippen LogP) is 1.56. The van der Waals surface area contributed by atoms with Crippen LogP contribution in [-0.4, -0.2) is 36.5 Å². The molecule has 1 fully saturated rings. The Morgan fingerprint density at radius 1 is 1.24 bits per heavy atom. The van der Waals surface area contributed by atoms with Crippen molar-refractivity contribution in [3.05, 3.63) is 35.4 Å². The highest BCUT2D eigenvalue weighted by Crippen LogP contribution is 2.20. The molecular formula is C16H22N2O3. The van der Waals surface area contributed by atoms with Gasteiger partial charge in [-0.2, -0.15) is 0 Å². The van der Waals surface area contributed by atoms with Gasteiger partial charge in [-0.05, 0) is 37.5 Å². The quantitative estimate of drug-likeness (QED) is 0.854. The molecule has 1 heterocycles. The van der Waals surface area contributed by atoms with E-state index in [4.69, 9.17) is 10.5 Å². The molecule has 21 heavy (non-hydrogen) atoms. The highest BCUT2D eigenvalue weighted by molar-refractivity contribution is 5.94. The van der Waals surface area contributed by atoms with Gasteiger partial charge >= 0.3 is 5.97 Å². The first-order chi connectivity index (χ1) is 10.2. The molecule has 0 radical (unpaired) electrons. The van der Waals surface area contributed by atoms with Gasteiger partial charge in [0, 0.05) is 25.2 Å². The predicted molar refractivity (Wildman–Crippen MR) is 79.6 cm³/mol. The zero-order valence-corrected chi connectivity index (χ0v) is 12.4. The number of nitrogens with two attached hydrogens (primary N) is 1. The molecule has 0 spiro atoms. The van der Waals surface area contributed by atoms with Crippen LogP contribution < -0.4 is 5.73 Å². The van der Waals surface area contributed by atoms with E-state index >= 15 is 0 Å². The van der Waals surface area contributed by atoms with Crippen LogP contribution >= 0.6 is 0 Å². The molecular weight excluding hydrogens is 268 g/mol. The lowest BCUT2D eigenvalue weighted by molar-refractivity contribution is -0.149. The molecule has 0 aliphatic carbocycles. The van der Waals surface area contributed by atoms with E-state index in [0.29, 0.717) is 44.6 Å². The fourth-order valence-electron chi connectivity index (χ4n) is 2.54. The topological polar surface area (TPSA) is 72.6 Å². The molecule has 1 aromatic rings. The standard InChI is InChI=1S/C16H22N2O3/c1-2-21-16(20)14-7-9-18(10-8-14)15(19)13-5-3-12(11-17)4-6-13/h3-6,14H,2,7-11,17H2,1H3. The summed E-state index contributed by atoms with van der Waals surface area (Å²) in [6.45, 7) is 3.88. The molecule has 1 aliphatic rings. The number of nitrogens with zero attached hydrogens (tertiary/aromatic N) is 1. The van der Waals surface area contributed by atoms with Gasteiger partial charge < -0.3 is 15.4 Å². The van der Waals surface area contributed by atoms with Crippen molar-refractivity contribution in [1.29, 1.82) is 0 Å². The summed E-state index contributed by atoms with van der Waals surface area (Å²) in [5, 5.41) is 0. The van der Waals surface area contributed by atoms with Crippen LogP contribution in [0.5, 0.6) is 0 Å². The van der Waals surface area contributed by atoms with E-state index < -0.39 is 0 Å². The van der Waals surface area contributed by atoms with E-state index in [1.807, 2.05) is 31.2 Å². The summed E-state index contributed by atoms with van der Waals surface area (Å²) in [6, 6.07) is 7.36. The Hall–Kier alpha value is -1.88. The van der Waals surface area contributed by atoms with E-state index in [1.54, 1.807) is 4.90 Å². The summed E-state index contributed by atoms with van der Waals surface area (Å²) in [5.74, 6) is -0.202. The number of rotatable bonds is 4. The molecule has 1 aromatic carbocycles. The molecule has 1 saturated heterocycles. The van der Waals surface area contributed by atoms with Crippen LogP contribution in [0.2, 0.25) is 0 Å². The molecule has 0 atom stereocenters. The van der Waals surface area contributed by atoms with Gasteiger partial charge in [0.05, 0.1) is 12.5 Å². The summed E-state index contributed by atoms with van der Waals surface area (Å²) < 4.78 is 5.03. The normalized spacial score (nSPS) is 15.8. The van der Waals surface area contributed by atoms with Crippen LogP contribution in [0.1, 0.15) is 35.7 Å². The van der Waals surface area contributed by atoms with Gasteiger partial charge in [0.2, 0.25) is 0 Å². The van der Waals surface area contributed by atoms with E-state index in [9.17, 15) is 9.59 Å². The molecule has 0 unspecified atom stereocenters. The molecule has 2 rings (SSSR count). The Bertz CT molecular complexity index is 491. The summed E-state index contributed by atoms with van der Waals surface area (Å²) in [6.07, 6.45) is 1.34. The largest absolute Gasteiger partial charge is 0.466 e. The van der Waals surface area contributed by atoms with Crippen LogP contribution in [0.25, 0.3) is 0 Å². The molecule has 0 saturated carbocycles. The maximum absolute atomic E-state index is 12.4. The van der Waals surface area contributed by atoms with Crippen molar-refractivity contribution in [2.75, 3.05) is 19.7 Å². The van der Waals surface area contributed by atoms with Crippen molar-refractivity contribution in [3.63, 3.8) is 0 Å². The first-order valence-electron chi connectivity index (χ1n) is 7.40. The minimum absolute atomic E-state index is 0.0147. The van der Waals surface area contributed by atoms with Gasteiger partial charge in [-0.3, -0.25) is 9.59 Å². The van der Waals surface area contributed by atoms with Crippen molar-refractivity contribution in [3.8, 4) is 0 Å². The van der Waals surface area contributed by atoms with Gasteiger partial charge in [-0.1, -0.05) is 12.1 Å². The summed E-state index contributed by atoms with van der Waals surface area (Å²) in [5.41, 5.74) is 7.22. The van der Waals surface area contributed by atoms with Crippen molar-refractivity contribution in [1.82, 2.24) is 4.90 Å². The maximum atomic E-state index is 12.4. The lowest BCUT2D eigenvalue weighted by Crippen LogP contribution is -2.40. The molecule has 5 nitrogen and oxygen atoms in total. The van der Waals surface area contributed by atoms with Crippen LogP contribution in [0, 0.1) is 5.92 Å². The SMILES string of the molecule is CCOC(=O)C1CCN(C(=O)c2ccc(CN)cc2)CC1. The number of esters is 1. The molecule has 0 aromatic heterocycles. The lowest BCUT2D eigenvalue weighted by Gasteiger charge is -2.31. The molecule has 1 aliphatic heterocycles. The maximum Gasteiger partial charge on any atom is 0.309 e. The van der Waals surface area contributed by atoms with E-state index in [2.05, 4.69) is 0 Å². The molecule has 114 valence electrons. The highest BCUT2D eigenvalue weighted by Gasteiger charge is 2.28. The average Bonchev–Trinajstić information content (AvgIpc) is 2.54. The van der Waals surface area contributed by atoms with E-state index in [0.717, 1.165) is 5.56 Å². The monoisotopic (exact) mass is 290 g/mol. The minimum atomic E-state index is -0.142. The van der Waals surface area contributed by atoms with Crippen LogP contribution in [-0.2, 0) is 16.1 Å². The van der Waals surface area contributed by atoms with E-state index in [-0.39, 0.29) is 17.8 Å². The Labute approximate surface area is 125 Å². The zero-order chi connectivity index (χ0) is 15.2. The second-order valence-corrected chi connectivity index (χ2v) is 5.22. The van der Waals surface area contributed by atoms with Gasteiger partial charge in [0.15, 0.2) is 0 Å². The fraction of sp³-hybridized carbons (Fsp3) is 0.500. The molecule has 0 bridgehead atoms. The number of hydrogen-bond donors (Lipinski definition) is 1. The third kappa shape index (κ3) is 3.82. The van der Waals surface area contributed by atoms with E-state index in [1.165, 1.54) is 0 Å². The Kier molecular flexibility index (Phi) is 5.33. The second kappa shape index (κ2) is 7.22. The zero-order valence-electron chi connectivity index (χ0n) is 12.4. The number of ether oxygens (including phenoxy) is 1. The Balaban J connectivity index is 1.92. The summed E-state index contributed by atoms with van der Waals surface area (Å²) in [4.78, 5) is 25.9. The number of carbonyl (C=O) groups excluding carboxylic acids is 2. The number of piperidine rings is 1. The number of likely N-dealkylation sites (tertiary alicyclic amines) is 1. The first-order valence-corrected chi connectivity index (χ1v) is 7.40.